The van der Waals surface area contributed by atoms with Crippen LogP contribution in [0.2, 0.25) is 0 Å². The summed E-state index contributed by atoms with van der Waals surface area (Å²) in [5.74, 6) is 1.15. The van der Waals surface area contributed by atoms with E-state index in [4.69, 9.17) is 9.97 Å². The normalized spacial score (nSPS) is 11.1. The standard InChI is InChI=1S/C21H19FIN5/c1-3-17-18-20(24-12-13-4-8-15(22)9-5-13)25-19(26-21(18)28(2)27-17)14-6-10-16(23)11-7-14/h4-11H,3,12H2,1-2H3,(H,24,25,26). The molecule has 4 aromatic rings. The maximum Gasteiger partial charge on any atom is 0.164 e. The van der Waals surface area contributed by atoms with Gasteiger partial charge < -0.3 is 5.32 Å². The van der Waals surface area contributed by atoms with Gasteiger partial charge in [-0.25, -0.2) is 19.0 Å². The van der Waals surface area contributed by atoms with E-state index in [2.05, 4.69) is 39.9 Å². The van der Waals surface area contributed by atoms with Crippen LogP contribution in [0, 0.1) is 9.39 Å². The molecule has 0 radical (unpaired) electrons. The number of halogens is 2. The molecular weight excluding hydrogens is 468 g/mol. The minimum absolute atomic E-state index is 0.241. The molecule has 0 aliphatic heterocycles. The molecule has 0 amide bonds. The molecule has 0 unspecified atom stereocenters. The molecule has 2 heterocycles. The van der Waals surface area contributed by atoms with Gasteiger partial charge in [-0.1, -0.05) is 31.2 Å². The topological polar surface area (TPSA) is 55.6 Å². The Morgan fingerprint density at radius 2 is 1.75 bits per heavy atom. The van der Waals surface area contributed by atoms with Crippen LogP contribution in [-0.2, 0) is 20.0 Å². The molecule has 2 aromatic carbocycles. The molecule has 0 saturated heterocycles. The number of nitrogens with one attached hydrogen (secondary N) is 1. The minimum Gasteiger partial charge on any atom is -0.365 e. The van der Waals surface area contributed by atoms with Crippen molar-refractivity contribution in [2.75, 3.05) is 5.32 Å². The van der Waals surface area contributed by atoms with Gasteiger partial charge in [0.15, 0.2) is 11.5 Å². The highest BCUT2D eigenvalue weighted by Gasteiger charge is 2.17. The SMILES string of the molecule is CCc1nn(C)c2nc(-c3ccc(I)cc3)nc(NCc3ccc(F)cc3)c12. The average Bonchev–Trinajstić information content (AvgIpc) is 3.04. The lowest BCUT2D eigenvalue weighted by atomic mass is 10.2. The van der Waals surface area contributed by atoms with E-state index in [1.54, 1.807) is 16.8 Å². The second-order valence-corrected chi connectivity index (χ2v) is 7.75. The molecule has 0 fully saturated rings. The molecule has 4 rings (SSSR count). The summed E-state index contributed by atoms with van der Waals surface area (Å²) in [4.78, 5) is 9.57. The number of hydrogen-bond acceptors (Lipinski definition) is 4. The van der Waals surface area contributed by atoms with Crippen molar-refractivity contribution in [1.29, 1.82) is 0 Å². The predicted octanol–water partition coefficient (Wildman–Crippen LogP) is 4.95. The number of fused-ring (bicyclic) bond motifs is 1. The van der Waals surface area contributed by atoms with E-state index in [0.29, 0.717) is 12.4 Å². The van der Waals surface area contributed by atoms with Crippen molar-refractivity contribution in [2.24, 2.45) is 7.05 Å². The van der Waals surface area contributed by atoms with E-state index < -0.39 is 0 Å². The van der Waals surface area contributed by atoms with Crippen LogP contribution in [-0.4, -0.2) is 19.7 Å². The Hall–Kier alpha value is -2.55. The zero-order valence-electron chi connectivity index (χ0n) is 15.6. The Morgan fingerprint density at radius 3 is 2.43 bits per heavy atom. The molecule has 0 atom stereocenters. The predicted molar refractivity (Wildman–Crippen MR) is 118 cm³/mol. The number of rotatable bonds is 5. The van der Waals surface area contributed by atoms with Crippen LogP contribution >= 0.6 is 22.6 Å². The maximum absolute atomic E-state index is 13.2. The van der Waals surface area contributed by atoms with Crippen molar-refractivity contribution < 1.29 is 4.39 Å². The van der Waals surface area contributed by atoms with Gasteiger partial charge in [-0.3, -0.25) is 0 Å². The van der Waals surface area contributed by atoms with Crippen molar-refractivity contribution >= 4 is 39.4 Å². The van der Waals surface area contributed by atoms with Gasteiger partial charge in [-0.05, 0) is 58.8 Å². The second kappa shape index (κ2) is 7.83. The smallest absolute Gasteiger partial charge is 0.164 e. The highest BCUT2D eigenvalue weighted by Crippen LogP contribution is 2.28. The van der Waals surface area contributed by atoms with Gasteiger partial charge in [-0.15, -0.1) is 0 Å². The van der Waals surface area contributed by atoms with Crippen LogP contribution in [0.15, 0.2) is 48.5 Å². The van der Waals surface area contributed by atoms with Gasteiger partial charge in [-0.2, -0.15) is 5.10 Å². The number of aryl methyl sites for hydroxylation is 2. The molecular formula is C21H19FIN5. The number of aromatic nitrogens is 4. The van der Waals surface area contributed by atoms with Crippen molar-refractivity contribution in [3.63, 3.8) is 0 Å². The Balaban J connectivity index is 1.79. The fourth-order valence-corrected chi connectivity index (χ4v) is 3.48. The summed E-state index contributed by atoms with van der Waals surface area (Å²) in [6, 6.07) is 14.6. The summed E-state index contributed by atoms with van der Waals surface area (Å²) in [7, 11) is 1.90. The first-order valence-electron chi connectivity index (χ1n) is 9.03. The molecule has 142 valence electrons. The van der Waals surface area contributed by atoms with Crippen LogP contribution in [0.25, 0.3) is 22.4 Å². The summed E-state index contributed by atoms with van der Waals surface area (Å²) < 4.78 is 16.1. The lowest BCUT2D eigenvalue weighted by Crippen LogP contribution is -2.05. The summed E-state index contributed by atoms with van der Waals surface area (Å²) in [6.45, 7) is 2.61. The first-order chi connectivity index (χ1) is 13.5. The van der Waals surface area contributed by atoms with Crippen LogP contribution in [0.5, 0.6) is 0 Å². The number of hydrogen-bond donors (Lipinski definition) is 1. The monoisotopic (exact) mass is 487 g/mol. The Kier molecular flexibility index (Phi) is 5.25. The van der Waals surface area contributed by atoms with Crippen molar-refractivity contribution in [3.8, 4) is 11.4 Å². The van der Waals surface area contributed by atoms with E-state index in [1.165, 1.54) is 12.1 Å². The molecule has 0 spiro atoms. The minimum atomic E-state index is -0.241. The Labute approximate surface area is 176 Å². The lowest BCUT2D eigenvalue weighted by molar-refractivity contribution is 0.627. The van der Waals surface area contributed by atoms with Gasteiger partial charge >= 0.3 is 0 Å². The third kappa shape index (κ3) is 3.71. The number of anilines is 1. The molecule has 0 bridgehead atoms. The Morgan fingerprint density at radius 1 is 1.04 bits per heavy atom. The van der Waals surface area contributed by atoms with Gasteiger partial charge in [0.2, 0.25) is 0 Å². The van der Waals surface area contributed by atoms with Crippen LogP contribution in [0.1, 0.15) is 18.2 Å². The first kappa shape index (κ1) is 18.8. The molecule has 7 heteroatoms. The Bertz CT molecular complexity index is 1120. The van der Waals surface area contributed by atoms with Gasteiger partial charge in [0, 0.05) is 22.7 Å². The lowest BCUT2D eigenvalue weighted by Gasteiger charge is -2.10. The molecule has 28 heavy (non-hydrogen) atoms. The molecule has 0 aliphatic carbocycles. The van der Waals surface area contributed by atoms with Crippen LogP contribution in [0.3, 0.4) is 0 Å². The van der Waals surface area contributed by atoms with E-state index in [-0.39, 0.29) is 5.82 Å². The van der Waals surface area contributed by atoms with Crippen LogP contribution < -0.4 is 5.32 Å². The van der Waals surface area contributed by atoms with Crippen molar-refractivity contribution in [1.82, 2.24) is 19.7 Å². The highest BCUT2D eigenvalue weighted by atomic mass is 127. The molecule has 5 nitrogen and oxygen atoms in total. The highest BCUT2D eigenvalue weighted by molar-refractivity contribution is 14.1. The van der Waals surface area contributed by atoms with Crippen LogP contribution in [0.4, 0.5) is 10.2 Å². The number of nitrogens with zero attached hydrogens (tertiary/aromatic N) is 4. The van der Waals surface area contributed by atoms with Gasteiger partial charge in [0.25, 0.3) is 0 Å². The van der Waals surface area contributed by atoms with Crippen molar-refractivity contribution in [3.05, 3.63) is 69.2 Å². The largest absolute Gasteiger partial charge is 0.365 e. The van der Waals surface area contributed by atoms with E-state index in [1.807, 2.05) is 31.3 Å². The summed E-state index contributed by atoms with van der Waals surface area (Å²) in [6.07, 6.45) is 0.787. The van der Waals surface area contributed by atoms with Gasteiger partial charge in [0.05, 0.1) is 11.1 Å². The maximum atomic E-state index is 13.2. The summed E-state index contributed by atoms with van der Waals surface area (Å²) in [5.41, 5.74) is 3.67. The average molecular weight is 487 g/mol. The van der Waals surface area contributed by atoms with E-state index >= 15 is 0 Å². The fraction of sp³-hybridized carbons (Fsp3) is 0.190. The third-order valence-electron chi connectivity index (χ3n) is 4.57. The van der Waals surface area contributed by atoms with Crippen molar-refractivity contribution in [2.45, 2.75) is 19.9 Å². The van der Waals surface area contributed by atoms with E-state index in [9.17, 15) is 4.39 Å². The molecule has 0 aliphatic rings. The van der Waals surface area contributed by atoms with Gasteiger partial charge in [0.1, 0.15) is 11.6 Å². The molecule has 1 N–H and O–H groups in total. The molecule has 2 aromatic heterocycles. The number of benzene rings is 2. The molecule has 0 saturated carbocycles. The third-order valence-corrected chi connectivity index (χ3v) is 5.29. The summed E-state index contributed by atoms with van der Waals surface area (Å²) >= 11 is 2.28. The quantitative estimate of drug-likeness (QED) is 0.405. The summed E-state index contributed by atoms with van der Waals surface area (Å²) in [5, 5.41) is 8.94. The fourth-order valence-electron chi connectivity index (χ4n) is 3.12. The van der Waals surface area contributed by atoms with E-state index in [0.717, 1.165) is 43.7 Å². The zero-order chi connectivity index (χ0) is 19.7. The first-order valence-corrected chi connectivity index (χ1v) is 10.1. The second-order valence-electron chi connectivity index (χ2n) is 6.51. The zero-order valence-corrected chi connectivity index (χ0v) is 17.7.